The van der Waals surface area contributed by atoms with Gasteiger partial charge in [-0.1, -0.05) is 12.1 Å². The molecule has 0 aliphatic carbocycles. The van der Waals surface area contributed by atoms with Crippen LogP contribution >= 0.6 is 0 Å². The van der Waals surface area contributed by atoms with E-state index in [1.807, 2.05) is 0 Å². The number of aromatic nitrogens is 2. The number of carboxylic acids is 1. The fourth-order valence-electron chi connectivity index (χ4n) is 1.59. The number of rotatable bonds is 5. The van der Waals surface area contributed by atoms with E-state index in [-0.39, 0.29) is 23.9 Å². The zero-order valence-corrected chi connectivity index (χ0v) is 11.2. The van der Waals surface area contributed by atoms with E-state index in [1.165, 1.54) is 19.2 Å². The molecule has 0 fully saturated rings. The van der Waals surface area contributed by atoms with E-state index in [0.29, 0.717) is 11.3 Å². The number of amides is 1. The van der Waals surface area contributed by atoms with Gasteiger partial charge in [-0.3, -0.25) is 9.59 Å². The molecule has 21 heavy (non-hydrogen) atoms. The van der Waals surface area contributed by atoms with Crippen LogP contribution in [0.5, 0.6) is 11.6 Å². The van der Waals surface area contributed by atoms with Gasteiger partial charge in [0.05, 0.1) is 6.42 Å². The average molecular weight is 287 g/mol. The quantitative estimate of drug-likeness (QED) is 0.858. The van der Waals surface area contributed by atoms with Crippen LogP contribution in [0.1, 0.15) is 16.1 Å². The fourth-order valence-corrected chi connectivity index (χ4v) is 1.59. The predicted molar refractivity (Wildman–Crippen MR) is 73.3 cm³/mol. The number of nitrogens with one attached hydrogen (secondary N) is 1. The maximum Gasteiger partial charge on any atom is 0.307 e. The molecule has 1 aromatic carbocycles. The summed E-state index contributed by atoms with van der Waals surface area (Å²) in [5, 5.41) is 18.6. The van der Waals surface area contributed by atoms with Crippen molar-refractivity contribution in [3.05, 3.63) is 47.7 Å². The van der Waals surface area contributed by atoms with E-state index in [4.69, 9.17) is 9.84 Å². The van der Waals surface area contributed by atoms with Crippen LogP contribution in [-0.2, 0) is 11.2 Å². The van der Waals surface area contributed by atoms with Crippen molar-refractivity contribution in [1.82, 2.24) is 15.5 Å². The SMILES string of the molecule is CNC(=O)c1ccc(Oc2ccc(CC(=O)O)cc2)nn1. The summed E-state index contributed by atoms with van der Waals surface area (Å²) in [5.41, 5.74) is 0.873. The molecule has 0 spiro atoms. The minimum Gasteiger partial charge on any atom is -0.481 e. The maximum atomic E-state index is 11.3. The van der Waals surface area contributed by atoms with Crippen LogP contribution < -0.4 is 10.1 Å². The number of carboxylic acid groups (broad SMARTS) is 1. The smallest absolute Gasteiger partial charge is 0.307 e. The Bertz CT molecular complexity index is 638. The lowest BCUT2D eigenvalue weighted by atomic mass is 10.1. The molecule has 1 heterocycles. The molecule has 0 atom stereocenters. The van der Waals surface area contributed by atoms with Gasteiger partial charge in [-0.25, -0.2) is 0 Å². The highest BCUT2D eigenvalue weighted by molar-refractivity contribution is 5.91. The van der Waals surface area contributed by atoms with Crippen molar-refractivity contribution >= 4 is 11.9 Å². The monoisotopic (exact) mass is 287 g/mol. The molecule has 2 N–H and O–H groups in total. The Morgan fingerprint density at radius 3 is 2.38 bits per heavy atom. The van der Waals surface area contributed by atoms with Crippen molar-refractivity contribution in [3.8, 4) is 11.6 Å². The summed E-state index contributed by atoms with van der Waals surface area (Å²) in [7, 11) is 1.51. The zero-order chi connectivity index (χ0) is 15.2. The summed E-state index contributed by atoms with van der Waals surface area (Å²) in [4.78, 5) is 21.9. The third kappa shape index (κ3) is 4.00. The molecule has 0 unspecified atom stereocenters. The van der Waals surface area contributed by atoms with Gasteiger partial charge in [-0.15, -0.1) is 10.2 Å². The van der Waals surface area contributed by atoms with Crippen LogP contribution in [-0.4, -0.2) is 34.2 Å². The second kappa shape index (κ2) is 6.47. The normalized spacial score (nSPS) is 9.95. The number of carbonyl (C=O) groups excluding carboxylic acids is 1. The van der Waals surface area contributed by atoms with Crippen molar-refractivity contribution in [2.24, 2.45) is 0 Å². The zero-order valence-electron chi connectivity index (χ0n) is 11.2. The molecule has 0 bridgehead atoms. The van der Waals surface area contributed by atoms with Gasteiger partial charge in [0.2, 0.25) is 5.88 Å². The van der Waals surface area contributed by atoms with Gasteiger partial charge in [-0.05, 0) is 23.8 Å². The van der Waals surface area contributed by atoms with Gasteiger partial charge in [0.15, 0.2) is 5.69 Å². The van der Waals surface area contributed by atoms with Crippen LogP contribution in [0.4, 0.5) is 0 Å². The number of benzene rings is 1. The Kier molecular flexibility index (Phi) is 4.45. The highest BCUT2D eigenvalue weighted by atomic mass is 16.5. The summed E-state index contributed by atoms with van der Waals surface area (Å²) in [6, 6.07) is 9.65. The molecule has 0 radical (unpaired) electrons. The van der Waals surface area contributed by atoms with Crippen molar-refractivity contribution in [2.75, 3.05) is 7.05 Å². The molecule has 0 aliphatic rings. The van der Waals surface area contributed by atoms with Crippen molar-refractivity contribution in [2.45, 2.75) is 6.42 Å². The molecule has 0 saturated carbocycles. The summed E-state index contributed by atoms with van der Waals surface area (Å²) in [6.07, 6.45) is -0.0408. The number of nitrogens with zero attached hydrogens (tertiary/aromatic N) is 2. The largest absolute Gasteiger partial charge is 0.481 e. The molecule has 7 heteroatoms. The average Bonchev–Trinajstić information content (AvgIpc) is 2.49. The van der Waals surface area contributed by atoms with Gasteiger partial charge >= 0.3 is 5.97 Å². The second-order valence-corrected chi connectivity index (χ2v) is 4.15. The Morgan fingerprint density at radius 1 is 1.14 bits per heavy atom. The topological polar surface area (TPSA) is 101 Å². The molecule has 2 aromatic rings. The lowest BCUT2D eigenvalue weighted by Gasteiger charge is -2.05. The van der Waals surface area contributed by atoms with Crippen LogP contribution in [0.3, 0.4) is 0 Å². The van der Waals surface area contributed by atoms with Gasteiger partial charge in [-0.2, -0.15) is 0 Å². The van der Waals surface area contributed by atoms with E-state index in [1.54, 1.807) is 24.3 Å². The first-order chi connectivity index (χ1) is 10.1. The molecule has 2 rings (SSSR count). The Hall–Kier alpha value is -2.96. The number of aliphatic carboxylic acids is 1. The highest BCUT2D eigenvalue weighted by Crippen LogP contribution is 2.19. The minimum atomic E-state index is -0.890. The molecule has 0 aliphatic heterocycles. The Labute approximate surface area is 120 Å². The minimum absolute atomic E-state index is 0.0408. The highest BCUT2D eigenvalue weighted by Gasteiger charge is 2.07. The van der Waals surface area contributed by atoms with E-state index in [0.717, 1.165) is 0 Å². The van der Waals surface area contributed by atoms with Crippen molar-refractivity contribution in [1.29, 1.82) is 0 Å². The first-order valence-electron chi connectivity index (χ1n) is 6.13. The van der Waals surface area contributed by atoms with E-state index in [9.17, 15) is 9.59 Å². The van der Waals surface area contributed by atoms with Gasteiger partial charge in [0.1, 0.15) is 5.75 Å². The standard InChI is InChI=1S/C14H13N3O4/c1-15-14(20)11-6-7-12(17-16-11)21-10-4-2-9(3-5-10)8-13(18)19/h2-7H,8H2,1H3,(H,15,20)(H,18,19). The molecule has 7 nitrogen and oxygen atoms in total. The molecule has 0 saturated heterocycles. The van der Waals surface area contributed by atoms with E-state index >= 15 is 0 Å². The van der Waals surface area contributed by atoms with Crippen LogP contribution in [0.25, 0.3) is 0 Å². The van der Waals surface area contributed by atoms with E-state index < -0.39 is 5.97 Å². The first-order valence-corrected chi connectivity index (χ1v) is 6.13. The molecule has 1 aromatic heterocycles. The van der Waals surface area contributed by atoms with Gasteiger partial charge < -0.3 is 15.2 Å². The number of hydrogen-bond acceptors (Lipinski definition) is 5. The van der Waals surface area contributed by atoms with E-state index in [2.05, 4.69) is 15.5 Å². The van der Waals surface area contributed by atoms with Gasteiger partial charge in [0.25, 0.3) is 5.91 Å². The molecular formula is C14H13N3O4. The Balaban J connectivity index is 2.04. The lowest BCUT2D eigenvalue weighted by Crippen LogP contribution is -2.19. The first kappa shape index (κ1) is 14.4. The number of carbonyl (C=O) groups is 2. The number of ether oxygens (including phenoxy) is 1. The van der Waals surface area contributed by atoms with Crippen LogP contribution in [0.2, 0.25) is 0 Å². The van der Waals surface area contributed by atoms with Gasteiger partial charge in [0, 0.05) is 13.1 Å². The maximum absolute atomic E-state index is 11.3. The molecule has 108 valence electrons. The molecule has 1 amide bonds. The van der Waals surface area contributed by atoms with Crippen molar-refractivity contribution < 1.29 is 19.4 Å². The predicted octanol–water partition coefficient (Wildman–Crippen LogP) is 1.26. The fraction of sp³-hybridized carbons (Fsp3) is 0.143. The Morgan fingerprint density at radius 2 is 1.86 bits per heavy atom. The lowest BCUT2D eigenvalue weighted by molar-refractivity contribution is -0.136. The van der Waals surface area contributed by atoms with Crippen LogP contribution in [0.15, 0.2) is 36.4 Å². The third-order valence-corrected chi connectivity index (χ3v) is 2.60. The number of hydrogen-bond donors (Lipinski definition) is 2. The summed E-state index contributed by atoms with van der Waals surface area (Å²) in [5.74, 6) is -0.467. The molecular weight excluding hydrogens is 274 g/mol. The van der Waals surface area contributed by atoms with Crippen molar-refractivity contribution in [3.63, 3.8) is 0 Å². The second-order valence-electron chi connectivity index (χ2n) is 4.15. The third-order valence-electron chi connectivity index (χ3n) is 2.60. The van der Waals surface area contributed by atoms with Crippen LogP contribution in [0, 0.1) is 0 Å². The summed E-state index contributed by atoms with van der Waals surface area (Å²) >= 11 is 0. The summed E-state index contributed by atoms with van der Waals surface area (Å²) in [6.45, 7) is 0. The summed E-state index contributed by atoms with van der Waals surface area (Å²) < 4.78 is 5.45.